The highest BCUT2D eigenvalue weighted by atomic mass is 35.5. The average Bonchev–Trinajstić information content (AvgIpc) is 3.26. The van der Waals surface area contributed by atoms with Gasteiger partial charge < -0.3 is 24.4 Å². The fraction of sp³-hybridized carbons (Fsp3) is 0.170. The van der Waals surface area contributed by atoms with Crippen LogP contribution in [0, 0.1) is 11.3 Å². The molecule has 10 heteroatoms. The Hall–Kier alpha value is -6.27. The van der Waals surface area contributed by atoms with Gasteiger partial charge in [0.1, 0.15) is 25.0 Å². The van der Waals surface area contributed by atoms with Crippen molar-refractivity contribution in [2.24, 2.45) is 0 Å². The molecule has 2 heterocycles. The van der Waals surface area contributed by atoms with E-state index in [1.807, 2.05) is 97.1 Å². The third-order valence-corrected chi connectivity index (χ3v) is 11.0. The molecule has 284 valence electrons. The SMILES string of the molecule is N#Cc1ccc(-c2ccc(CCNC(=O)C3Cc4cc5c(cc4CN3C(=O)c3ccccc3)OC(c3ccc(OCc4ccc(Cl)c(Cl)c4)cc3)CO5)cc2)cc1. The molecule has 0 spiro atoms. The molecule has 8 rings (SSSR count). The van der Waals surface area contributed by atoms with Crippen molar-refractivity contribution in [3.05, 3.63) is 182 Å². The summed E-state index contributed by atoms with van der Waals surface area (Å²) >= 11 is 12.2. The predicted molar refractivity (Wildman–Crippen MR) is 220 cm³/mol. The second-order valence-electron chi connectivity index (χ2n) is 14.0. The number of hydrogen-bond acceptors (Lipinski definition) is 6. The highest BCUT2D eigenvalue weighted by Crippen LogP contribution is 2.41. The number of nitrogens with zero attached hydrogens (tertiary/aromatic N) is 2. The van der Waals surface area contributed by atoms with Crippen LogP contribution in [0.1, 0.15) is 49.8 Å². The van der Waals surface area contributed by atoms with Crippen molar-refractivity contribution in [2.45, 2.75) is 38.1 Å². The van der Waals surface area contributed by atoms with Crippen LogP contribution in [0.4, 0.5) is 0 Å². The zero-order valence-corrected chi connectivity index (χ0v) is 32.3. The fourth-order valence-corrected chi connectivity index (χ4v) is 7.45. The van der Waals surface area contributed by atoms with Crippen LogP contribution >= 0.6 is 23.2 Å². The predicted octanol–water partition coefficient (Wildman–Crippen LogP) is 9.55. The Balaban J connectivity index is 0.934. The third-order valence-electron chi connectivity index (χ3n) is 10.3. The van der Waals surface area contributed by atoms with Crippen LogP contribution in [0.2, 0.25) is 10.0 Å². The quantitative estimate of drug-likeness (QED) is 0.148. The van der Waals surface area contributed by atoms with Gasteiger partial charge in [-0.2, -0.15) is 5.26 Å². The molecule has 2 unspecified atom stereocenters. The van der Waals surface area contributed by atoms with Crippen molar-refractivity contribution in [2.75, 3.05) is 13.2 Å². The standard InChI is InChI=1S/C47H37Cl2N3O5/c48-40-19-10-32(22-41(40)49)28-55-39-17-15-35(16-18-39)45-29-56-43-24-37-23-42(52(27-38(37)25-44(43)57-45)47(54)36-4-2-1-3-5-36)46(53)51-21-20-30-6-11-33(12-7-30)34-13-8-31(26-50)9-14-34/h1-19,22,24-25,42,45H,20-21,23,27-29H2,(H,51,53). The number of nitriles is 1. The first-order chi connectivity index (χ1) is 27.8. The molecule has 2 aliphatic heterocycles. The van der Waals surface area contributed by atoms with E-state index < -0.39 is 6.04 Å². The van der Waals surface area contributed by atoms with Crippen LogP contribution in [0.5, 0.6) is 17.2 Å². The lowest BCUT2D eigenvalue weighted by atomic mass is 9.91. The lowest BCUT2D eigenvalue weighted by Gasteiger charge is -2.37. The molecule has 6 aromatic carbocycles. The van der Waals surface area contributed by atoms with Gasteiger partial charge in [-0.05, 0) is 106 Å². The van der Waals surface area contributed by atoms with Crippen molar-refractivity contribution in [3.63, 3.8) is 0 Å². The summed E-state index contributed by atoms with van der Waals surface area (Å²) in [6.07, 6.45) is 0.614. The Morgan fingerprint density at radius 2 is 1.49 bits per heavy atom. The highest BCUT2D eigenvalue weighted by Gasteiger charge is 2.36. The first-order valence-electron chi connectivity index (χ1n) is 18.7. The number of fused-ring (bicyclic) bond motifs is 2. The summed E-state index contributed by atoms with van der Waals surface area (Å²) in [5, 5.41) is 13.2. The number of ether oxygens (including phenoxy) is 3. The highest BCUT2D eigenvalue weighted by molar-refractivity contribution is 6.42. The lowest BCUT2D eigenvalue weighted by molar-refractivity contribution is -0.126. The van der Waals surface area contributed by atoms with Crippen LogP contribution in [0.25, 0.3) is 11.1 Å². The molecule has 6 aromatic rings. The molecule has 0 aromatic heterocycles. The largest absolute Gasteiger partial charge is 0.489 e. The Morgan fingerprint density at radius 3 is 2.21 bits per heavy atom. The van der Waals surface area contributed by atoms with Gasteiger partial charge in [-0.15, -0.1) is 0 Å². The van der Waals surface area contributed by atoms with Gasteiger partial charge in [-0.1, -0.05) is 96.0 Å². The minimum atomic E-state index is -0.711. The summed E-state index contributed by atoms with van der Waals surface area (Å²) in [5.74, 6) is 1.48. The van der Waals surface area contributed by atoms with Gasteiger partial charge in [-0.25, -0.2) is 0 Å². The zero-order chi connectivity index (χ0) is 39.3. The van der Waals surface area contributed by atoms with Crippen LogP contribution in [0.3, 0.4) is 0 Å². The molecule has 57 heavy (non-hydrogen) atoms. The normalized spacial score (nSPS) is 15.6. The number of carbonyl (C=O) groups excluding carboxylic acids is 2. The Kier molecular flexibility index (Phi) is 11.1. The minimum absolute atomic E-state index is 0.210. The van der Waals surface area contributed by atoms with E-state index in [-0.39, 0.29) is 24.5 Å². The maximum atomic E-state index is 14.0. The molecule has 0 saturated carbocycles. The van der Waals surface area contributed by atoms with Crippen LogP contribution in [0.15, 0.2) is 133 Å². The van der Waals surface area contributed by atoms with E-state index in [1.54, 1.807) is 41.3 Å². The lowest BCUT2D eigenvalue weighted by Crippen LogP contribution is -2.52. The number of amides is 2. The second kappa shape index (κ2) is 16.8. The van der Waals surface area contributed by atoms with E-state index in [9.17, 15) is 9.59 Å². The molecular formula is C47H37Cl2N3O5. The summed E-state index contributed by atoms with van der Waals surface area (Å²) in [5.41, 5.74) is 7.97. The number of rotatable bonds is 10. The van der Waals surface area contributed by atoms with Gasteiger partial charge in [0, 0.05) is 25.1 Å². The Morgan fingerprint density at radius 1 is 0.789 bits per heavy atom. The first-order valence-corrected chi connectivity index (χ1v) is 19.4. The van der Waals surface area contributed by atoms with Crippen molar-refractivity contribution < 1.29 is 23.8 Å². The van der Waals surface area contributed by atoms with E-state index in [2.05, 4.69) is 11.4 Å². The van der Waals surface area contributed by atoms with Gasteiger partial charge in [0.25, 0.3) is 5.91 Å². The molecule has 0 fully saturated rings. The van der Waals surface area contributed by atoms with Gasteiger partial charge in [0.2, 0.25) is 5.91 Å². The molecule has 0 saturated heterocycles. The summed E-state index contributed by atoms with van der Waals surface area (Å²) in [6.45, 7) is 1.32. The fourth-order valence-electron chi connectivity index (χ4n) is 7.13. The molecule has 0 aliphatic carbocycles. The summed E-state index contributed by atoms with van der Waals surface area (Å²) < 4.78 is 18.7. The van der Waals surface area contributed by atoms with Gasteiger partial charge >= 0.3 is 0 Å². The van der Waals surface area contributed by atoms with Crippen molar-refractivity contribution in [1.29, 1.82) is 5.26 Å². The average molecular weight is 795 g/mol. The molecule has 8 nitrogen and oxygen atoms in total. The summed E-state index contributed by atoms with van der Waals surface area (Å²) in [4.78, 5) is 29.5. The molecule has 2 aliphatic rings. The van der Waals surface area contributed by atoms with E-state index in [0.717, 1.165) is 38.9 Å². The Bertz CT molecular complexity index is 2450. The Labute approximate surface area is 341 Å². The van der Waals surface area contributed by atoms with E-state index in [0.29, 0.717) is 71.0 Å². The van der Waals surface area contributed by atoms with Crippen LogP contribution in [-0.4, -0.2) is 35.9 Å². The van der Waals surface area contributed by atoms with Crippen molar-refractivity contribution in [3.8, 4) is 34.4 Å². The van der Waals surface area contributed by atoms with Crippen molar-refractivity contribution >= 4 is 35.0 Å². The van der Waals surface area contributed by atoms with E-state index in [1.165, 1.54) is 0 Å². The first kappa shape index (κ1) is 37.6. The van der Waals surface area contributed by atoms with Crippen LogP contribution in [-0.2, 0) is 30.8 Å². The maximum absolute atomic E-state index is 14.0. The van der Waals surface area contributed by atoms with E-state index >= 15 is 0 Å². The smallest absolute Gasteiger partial charge is 0.254 e. The van der Waals surface area contributed by atoms with Gasteiger partial charge in [0.15, 0.2) is 17.6 Å². The number of nitrogens with one attached hydrogen (secondary N) is 1. The number of carbonyl (C=O) groups is 2. The van der Waals surface area contributed by atoms with Gasteiger partial charge in [0.05, 0.1) is 21.7 Å². The topological polar surface area (TPSA) is 101 Å². The maximum Gasteiger partial charge on any atom is 0.254 e. The monoisotopic (exact) mass is 793 g/mol. The number of hydrogen-bond donors (Lipinski definition) is 1. The van der Waals surface area contributed by atoms with Crippen LogP contribution < -0.4 is 19.5 Å². The molecule has 2 amide bonds. The molecule has 1 N–H and O–H groups in total. The summed E-state index contributed by atoms with van der Waals surface area (Å²) in [6, 6.07) is 43.1. The molecule has 0 bridgehead atoms. The molecule has 2 atom stereocenters. The van der Waals surface area contributed by atoms with Gasteiger partial charge in [-0.3, -0.25) is 9.59 Å². The van der Waals surface area contributed by atoms with Crippen molar-refractivity contribution in [1.82, 2.24) is 10.2 Å². The number of halogens is 2. The summed E-state index contributed by atoms with van der Waals surface area (Å²) in [7, 11) is 0. The minimum Gasteiger partial charge on any atom is -0.489 e. The molecule has 0 radical (unpaired) electrons. The third kappa shape index (κ3) is 8.61. The van der Waals surface area contributed by atoms with E-state index in [4.69, 9.17) is 42.7 Å². The zero-order valence-electron chi connectivity index (χ0n) is 30.8. The second-order valence-corrected chi connectivity index (χ2v) is 14.9. The number of benzene rings is 6. The molecular weight excluding hydrogens is 757 g/mol.